The fourth-order valence-corrected chi connectivity index (χ4v) is 2.35. The third-order valence-corrected chi connectivity index (χ3v) is 3.73. The molecule has 1 atom stereocenters. The molecule has 2 aliphatic rings. The predicted octanol–water partition coefficient (Wildman–Crippen LogP) is 0.492. The van der Waals surface area contributed by atoms with Gasteiger partial charge in [0.1, 0.15) is 0 Å². The lowest BCUT2D eigenvalue weighted by molar-refractivity contribution is -0.0205. The van der Waals surface area contributed by atoms with Crippen LogP contribution in [0.1, 0.15) is 19.3 Å². The highest BCUT2D eigenvalue weighted by molar-refractivity contribution is 4.85. The molecule has 1 saturated heterocycles. The van der Waals surface area contributed by atoms with Crippen molar-refractivity contribution < 1.29 is 14.2 Å². The van der Waals surface area contributed by atoms with Gasteiger partial charge in [-0.05, 0) is 19.3 Å². The number of hydrogen-bond acceptors (Lipinski definition) is 5. The van der Waals surface area contributed by atoms with Gasteiger partial charge in [0, 0.05) is 52.0 Å². The summed E-state index contributed by atoms with van der Waals surface area (Å²) < 4.78 is 16.2. The highest BCUT2D eigenvalue weighted by atomic mass is 16.5. The number of morpholine rings is 1. The molecule has 1 heterocycles. The smallest absolute Gasteiger partial charge is 0.0634 e. The minimum atomic E-state index is 0.511. The van der Waals surface area contributed by atoms with Gasteiger partial charge in [0.05, 0.1) is 19.8 Å². The van der Waals surface area contributed by atoms with Crippen LogP contribution >= 0.6 is 0 Å². The molecule has 1 unspecified atom stereocenters. The molecule has 0 radical (unpaired) electrons. The zero-order valence-electron chi connectivity index (χ0n) is 12.1. The topological polar surface area (TPSA) is 43.0 Å². The number of nitrogens with one attached hydrogen (secondary N) is 1. The van der Waals surface area contributed by atoms with E-state index >= 15 is 0 Å². The first-order chi connectivity index (χ1) is 9.40. The van der Waals surface area contributed by atoms with Crippen LogP contribution in [0.2, 0.25) is 0 Å². The van der Waals surface area contributed by atoms with Crippen LogP contribution in [0.4, 0.5) is 0 Å². The van der Waals surface area contributed by atoms with E-state index in [-0.39, 0.29) is 0 Å². The summed E-state index contributed by atoms with van der Waals surface area (Å²) in [5.41, 5.74) is 0. The van der Waals surface area contributed by atoms with Gasteiger partial charge >= 0.3 is 0 Å². The molecule has 2 fully saturated rings. The molecule has 112 valence electrons. The summed E-state index contributed by atoms with van der Waals surface area (Å²) in [6.07, 6.45) is 3.67. The molecule has 1 saturated carbocycles. The van der Waals surface area contributed by atoms with Gasteiger partial charge in [-0.3, -0.25) is 4.90 Å². The Morgan fingerprint density at radius 2 is 2.16 bits per heavy atom. The van der Waals surface area contributed by atoms with E-state index < -0.39 is 0 Å². The van der Waals surface area contributed by atoms with E-state index in [1.807, 2.05) is 0 Å². The highest BCUT2D eigenvalue weighted by Crippen LogP contribution is 2.19. The van der Waals surface area contributed by atoms with Crippen LogP contribution in [-0.4, -0.2) is 76.8 Å². The molecular weight excluding hydrogens is 244 g/mol. The number of rotatable bonds is 10. The van der Waals surface area contributed by atoms with Crippen molar-refractivity contribution in [3.63, 3.8) is 0 Å². The lowest BCUT2D eigenvalue weighted by Gasteiger charge is -2.35. The Bertz CT molecular complexity index is 237. The Morgan fingerprint density at radius 3 is 2.95 bits per heavy atom. The second kappa shape index (κ2) is 8.87. The van der Waals surface area contributed by atoms with Crippen LogP contribution in [0.25, 0.3) is 0 Å². The third-order valence-electron chi connectivity index (χ3n) is 3.73. The summed E-state index contributed by atoms with van der Waals surface area (Å²) in [6.45, 7) is 7.17. The van der Waals surface area contributed by atoms with E-state index in [9.17, 15) is 0 Å². The first kappa shape index (κ1) is 15.2. The second-order valence-corrected chi connectivity index (χ2v) is 5.41. The average Bonchev–Trinajstić information content (AvgIpc) is 3.25. The molecule has 2 rings (SSSR count). The minimum Gasteiger partial charge on any atom is -0.385 e. The maximum atomic E-state index is 5.64. The standard InChI is InChI=1S/C14H28N2O3/c1-17-7-2-8-18-9-5-16-6-10-19-12-14(16)11-15-13-3-4-13/h13-15H,2-12H2,1H3. The summed E-state index contributed by atoms with van der Waals surface area (Å²) in [5.74, 6) is 0. The Balaban J connectivity index is 1.55. The van der Waals surface area contributed by atoms with E-state index in [0.29, 0.717) is 6.04 Å². The van der Waals surface area contributed by atoms with Crippen LogP contribution < -0.4 is 5.32 Å². The second-order valence-electron chi connectivity index (χ2n) is 5.41. The maximum Gasteiger partial charge on any atom is 0.0634 e. The molecule has 0 bridgehead atoms. The summed E-state index contributed by atoms with van der Waals surface area (Å²) in [5, 5.41) is 3.60. The molecule has 19 heavy (non-hydrogen) atoms. The van der Waals surface area contributed by atoms with Gasteiger partial charge in [-0.15, -0.1) is 0 Å². The lowest BCUT2D eigenvalue weighted by Crippen LogP contribution is -2.51. The van der Waals surface area contributed by atoms with Gasteiger partial charge < -0.3 is 19.5 Å². The molecular formula is C14H28N2O3. The summed E-state index contributed by atoms with van der Waals surface area (Å²) in [4.78, 5) is 2.50. The van der Waals surface area contributed by atoms with Crippen molar-refractivity contribution in [2.24, 2.45) is 0 Å². The molecule has 0 aromatic heterocycles. The van der Waals surface area contributed by atoms with Gasteiger partial charge in [-0.1, -0.05) is 0 Å². The zero-order chi connectivity index (χ0) is 13.3. The molecule has 1 aliphatic heterocycles. The van der Waals surface area contributed by atoms with Crippen molar-refractivity contribution >= 4 is 0 Å². The fourth-order valence-electron chi connectivity index (χ4n) is 2.35. The van der Waals surface area contributed by atoms with Gasteiger partial charge in [0.25, 0.3) is 0 Å². The number of nitrogens with zero attached hydrogens (tertiary/aromatic N) is 1. The number of ether oxygens (including phenoxy) is 3. The van der Waals surface area contributed by atoms with Crippen molar-refractivity contribution in [2.45, 2.75) is 31.3 Å². The Labute approximate surface area is 116 Å². The quantitative estimate of drug-likeness (QED) is 0.586. The van der Waals surface area contributed by atoms with Crippen molar-refractivity contribution in [1.82, 2.24) is 10.2 Å². The monoisotopic (exact) mass is 272 g/mol. The van der Waals surface area contributed by atoms with Gasteiger partial charge in [-0.2, -0.15) is 0 Å². The normalized spacial score (nSPS) is 24.8. The van der Waals surface area contributed by atoms with E-state index in [0.717, 1.165) is 65.1 Å². The molecule has 0 amide bonds. The zero-order valence-corrected chi connectivity index (χ0v) is 12.1. The minimum absolute atomic E-state index is 0.511. The first-order valence-corrected chi connectivity index (χ1v) is 7.52. The van der Waals surface area contributed by atoms with Crippen LogP contribution in [0.3, 0.4) is 0 Å². The maximum absolute atomic E-state index is 5.64. The van der Waals surface area contributed by atoms with Gasteiger partial charge in [0.15, 0.2) is 0 Å². The third kappa shape index (κ3) is 6.19. The number of hydrogen-bond donors (Lipinski definition) is 1. The first-order valence-electron chi connectivity index (χ1n) is 7.52. The molecule has 1 N–H and O–H groups in total. The highest BCUT2D eigenvalue weighted by Gasteiger charge is 2.26. The van der Waals surface area contributed by atoms with Crippen molar-refractivity contribution in [1.29, 1.82) is 0 Å². The predicted molar refractivity (Wildman–Crippen MR) is 74.5 cm³/mol. The van der Waals surface area contributed by atoms with E-state index in [2.05, 4.69) is 10.2 Å². The summed E-state index contributed by atoms with van der Waals surface area (Å²) in [6, 6.07) is 1.28. The van der Waals surface area contributed by atoms with Gasteiger partial charge in [0.2, 0.25) is 0 Å². The fraction of sp³-hybridized carbons (Fsp3) is 1.00. The average molecular weight is 272 g/mol. The largest absolute Gasteiger partial charge is 0.385 e. The summed E-state index contributed by atoms with van der Waals surface area (Å²) >= 11 is 0. The Hall–Kier alpha value is -0.200. The molecule has 5 nitrogen and oxygen atoms in total. The SMILES string of the molecule is COCCCOCCN1CCOCC1CNC1CC1. The van der Waals surface area contributed by atoms with Crippen LogP contribution in [0.5, 0.6) is 0 Å². The van der Waals surface area contributed by atoms with E-state index in [1.165, 1.54) is 12.8 Å². The van der Waals surface area contributed by atoms with Crippen molar-refractivity contribution in [2.75, 3.05) is 59.8 Å². The van der Waals surface area contributed by atoms with Crippen LogP contribution in [0.15, 0.2) is 0 Å². The Morgan fingerprint density at radius 1 is 1.26 bits per heavy atom. The van der Waals surface area contributed by atoms with E-state index in [1.54, 1.807) is 7.11 Å². The summed E-state index contributed by atoms with van der Waals surface area (Å²) in [7, 11) is 1.73. The van der Waals surface area contributed by atoms with Crippen LogP contribution in [0, 0.1) is 0 Å². The molecule has 0 spiro atoms. The van der Waals surface area contributed by atoms with Crippen molar-refractivity contribution in [3.8, 4) is 0 Å². The van der Waals surface area contributed by atoms with E-state index in [4.69, 9.17) is 14.2 Å². The molecule has 5 heteroatoms. The Kier molecular flexibility index (Phi) is 7.09. The number of methoxy groups -OCH3 is 1. The molecule has 0 aromatic rings. The van der Waals surface area contributed by atoms with Gasteiger partial charge in [-0.25, -0.2) is 0 Å². The lowest BCUT2D eigenvalue weighted by atomic mass is 10.2. The molecule has 0 aromatic carbocycles. The van der Waals surface area contributed by atoms with Crippen LogP contribution in [-0.2, 0) is 14.2 Å². The molecule has 1 aliphatic carbocycles. The van der Waals surface area contributed by atoms with Crippen molar-refractivity contribution in [3.05, 3.63) is 0 Å².